The van der Waals surface area contributed by atoms with E-state index < -0.39 is 0 Å². The number of carbonyl (C=O) groups is 1. The third kappa shape index (κ3) is 3.27. The third-order valence-electron chi connectivity index (χ3n) is 5.10. The van der Waals surface area contributed by atoms with Crippen LogP contribution in [0.5, 0.6) is 5.75 Å². The summed E-state index contributed by atoms with van der Waals surface area (Å²) in [6, 6.07) is 13.3. The Hall–Kier alpha value is -2.53. The van der Waals surface area contributed by atoms with Gasteiger partial charge in [0.05, 0.1) is 12.1 Å². The van der Waals surface area contributed by atoms with Crippen molar-refractivity contribution in [2.45, 2.75) is 50.9 Å². The first-order chi connectivity index (χ1) is 12.4. The molecule has 2 aromatic carbocycles. The second kappa shape index (κ2) is 6.32. The van der Waals surface area contributed by atoms with Gasteiger partial charge in [0.1, 0.15) is 11.4 Å². The maximum absolute atomic E-state index is 12.7. The standard InChI is InChI=1S/C21H24N2O3/c1-21(2)12-18(15-7-3-4-9-19(15)26-21)23-20(25)22-17-8-5-6-13-10-14(24)11-16(13)17/h3-9,14,18,24H,10-12H2,1-2H3,(H2,22,23,25)/t14-,18-/m1/s1. The number of ether oxygens (including phenoxy) is 1. The summed E-state index contributed by atoms with van der Waals surface area (Å²) in [5.74, 6) is 0.817. The number of benzene rings is 2. The predicted molar refractivity (Wildman–Crippen MR) is 101 cm³/mol. The van der Waals surface area contributed by atoms with Gasteiger partial charge in [0.15, 0.2) is 0 Å². The lowest BCUT2D eigenvalue weighted by molar-refractivity contribution is 0.0683. The van der Waals surface area contributed by atoms with Crippen LogP contribution in [0.1, 0.15) is 43.0 Å². The first kappa shape index (κ1) is 16.9. The van der Waals surface area contributed by atoms with Crippen LogP contribution in [0.2, 0.25) is 0 Å². The summed E-state index contributed by atoms with van der Waals surface area (Å²) in [7, 11) is 0. The second-order valence-electron chi connectivity index (χ2n) is 7.76. The van der Waals surface area contributed by atoms with Crippen molar-refractivity contribution in [3.63, 3.8) is 0 Å². The van der Waals surface area contributed by atoms with Crippen LogP contribution in [-0.2, 0) is 12.8 Å². The Morgan fingerprint density at radius 3 is 2.81 bits per heavy atom. The van der Waals surface area contributed by atoms with Gasteiger partial charge in [-0.1, -0.05) is 30.3 Å². The number of rotatable bonds is 2. The normalized spacial score (nSPS) is 22.7. The van der Waals surface area contributed by atoms with Crippen molar-refractivity contribution in [2.75, 3.05) is 5.32 Å². The first-order valence-electron chi connectivity index (χ1n) is 9.05. The Morgan fingerprint density at radius 2 is 1.96 bits per heavy atom. The predicted octanol–water partition coefficient (Wildman–Crippen LogP) is 3.57. The van der Waals surface area contributed by atoms with Gasteiger partial charge in [0, 0.05) is 24.1 Å². The van der Waals surface area contributed by atoms with E-state index in [2.05, 4.69) is 10.6 Å². The van der Waals surface area contributed by atoms with Gasteiger partial charge >= 0.3 is 6.03 Å². The highest BCUT2D eigenvalue weighted by Crippen LogP contribution is 2.39. The molecule has 4 rings (SSSR count). The molecule has 26 heavy (non-hydrogen) atoms. The average Bonchev–Trinajstić information content (AvgIpc) is 2.95. The molecule has 136 valence electrons. The van der Waals surface area contributed by atoms with Gasteiger partial charge < -0.3 is 20.5 Å². The molecule has 0 saturated carbocycles. The van der Waals surface area contributed by atoms with E-state index in [-0.39, 0.29) is 23.8 Å². The van der Waals surface area contributed by atoms with Crippen molar-refractivity contribution < 1.29 is 14.6 Å². The third-order valence-corrected chi connectivity index (χ3v) is 5.10. The van der Waals surface area contributed by atoms with Gasteiger partial charge in [-0.15, -0.1) is 0 Å². The van der Waals surface area contributed by atoms with E-state index >= 15 is 0 Å². The van der Waals surface area contributed by atoms with Crippen molar-refractivity contribution in [1.29, 1.82) is 0 Å². The number of para-hydroxylation sites is 1. The SMILES string of the molecule is CC1(C)C[C@@H](NC(=O)Nc2cccc3c2C[C@H](O)C3)c2ccccc2O1. The minimum atomic E-state index is -0.362. The summed E-state index contributed by atoms with van der Waals surface area (Å²) in [4.78, 5) is 12.7. The zero-order valence-corrected chi connectivity index (χ0v) is 15.1. The molecule has 1 aliphatic carbocycles. The van der Waals surface area contributed by atoms with E-state index in [4.69, 9.17) is 4.74 Å². The number of aliphatic hydroxyl groups excluding tert-OH is 1. The summed E-state index contributed by atoms with van der Waals surface area (Å²) < 4.78 is 6.02. The molecule has 0 unspecified atom stereocenters. The molecule has 3 N–H and O–H groups in total. The van der Waals surface area contributed by atoms with Crippen LogP contribution < -0.4 is 15.4 Å². The van der Waals surface area contributed by atoms with Gasteiger partial charge in [-0.2, -0.15) is 0 Å². The van der Waals surface area contributed by atoms with Gasteiger partial charge in [-0.3, -0.25) is 0 Å². The largest absolute Gasteiger partial charge is 0.487 e. The van der Waals surface area contributed by atoms with E-state index in [1.807, 2.05) is 56.3 Å². The smallest absolute Gasteiger partial charge is 0.319 e. The molecule has 0 saturated heterocycles. The molecule has 2 aromatic rings. The number of amides is 2. The lowest BCUT2D eigenvalue weighted by Crippen LogP contribution is -2.42. The maximum Gasteiger partial charge on any atom is 0.319 e. The van der Waals surface area contributed by atoms with Crippen molar-refractivity contribution in [3.05, 3.63) is 59.2 Å². The number of hydrogen-bond donors (Lipinski definition) is 3. The minimum Gasteiger partial charge on any atom is -0.487 e. The lowest BCUT2D eigenvalue weighted by Gasteiger charge is -2.37. The molecule has 5 nitrogen and oxygen atoms in total. The molecular formula is C21H24N2O3. The van der Waals surface area contributed by atoms with Gasteiger partial charge in [-0.05, 0) is 43.5 Å². The van der Waals surface area contributed by atoms with E-state index in [9.17, 15) is 9.90 Å². The van der Waals surface area contributed by atoms with Crippen molar-refractivity contribution >= 4 is 11.7 Å². The maximum atomic E-state index is 12.7. The Labute approximate surface area is 153 Å². The Morgan fingerprint density at radius 1 is 1.15 bits per heavy atom. The molecule has 0 bridgehead atoms. The number of nitrogens with one attached hydrogen (secondary N) is 2. The Balaban J connectivity index is 1.52. The lowest BCUT2D eigenvalue weighted by atomic mass is 9.90. The van der Waals surface area contributed by atoms with Crippen LogP contribution >= 0.6 is 0 Å². The van der Waals surface area contributed by atoms with Crippen molar-refractivity contribution in [2.24, 2.45) is 0 Å². The summed E-state index contributed by atoms with van der Waals surface area (Å²) in [5, 5.41) is 16.0. The molecule has 1 heterocycles. The number of carbonyl (C=O) groups excluding carboxylic acids is 1. The molecule has 2 aliphatic rings. The van der Waals surface area contributed by atoms with Crippen LogP contribution in [-0.4, -0.2) is 22.8 Å². The van der Waals surface area contributed by atoms with Crippen molar-refractivity contribution in [1.82, 2.24) is 5.32 Å². The number of aliphatic hydroxyl groups is 1. The summed E-state index contributed by atoms with van der Waals surface area (Å²) in [6.07, 6.45) is 1.56. The van der Waals surface area contributed by atoms with Crippen molar-refractivity contribution in [3.8, 4) is 5.75 Å². The van der Waals surface area contributed by atoms with Crippen LogP contribution in [0.4, 0.5) is 10.5 Å². The average molecular weight is 352 g/mol. The van der Waals surface area contributed by atoms with E-state index in [1.165, 1.54) is 0 Å². The van der Waals surface area contributed by atoms with Gasteiger partial charge in [0.2, 0.25) is 0 Å². The Kier molecular flexibility index (Phi) is 4.11. The zero-order chi connectivity index (χ0) is 18.3. The number of urea groups is 1. The number of anilines is 1. The fourth-order valence-corrected chi connectivity index (χ4v) is 3.99. The fraction of sp³-hybridized carbons (Fsp3) is 0.381. The summed E-state index contributed by atoms with van der Waals surface area (Å²) >= 11 is 0. The van der Waals surface area contributed by atoms with Crippen LogP contribution in [0.3, 0.4) is 0 Å². The van der Waals surface area contributed by atoms with Gasteiger partial charge in [0.25, 0.3) is 0 Å². The summed E-state index contributed by atoms with van der Waals surface area (Å²) in [6.45, 7) is 4.06. The van der Waals surface area contributed by atoms with E-state index in [0.717, 1.165) is 28.1 Å². The van der Waals surface area contributed by atoms with E-state index in [1.54, 1.807) is 0 Å². The number of fused-ring (bicyclic) bond motifs is 2. The molecule has 2 atom stereocenters. The summed E-state index contributed by atoms with van der Waals surface area (Å²) in [5.41, 5.74) is 3.56. The fourth-order valence-electron chi connectivity index (χ4n) is 3.99. The molecule has 0 radical (unpaired) electrons. The highest BCUT2D eigenvalue weighted by atomic mass is 16.5. The zero-order valence-electron chi connectivity index (χ0n) is 15.1. The van der Waals surface area contributed by atoms with Gasteiger partial charge in [-0.25, -0.2) is 4.79 Å². The molecular weight excluding hydrogens is 328 g/mol. The Bertz CT molecular complexity index is 847. The van der Waals surface area contributed by atoms with Crippen LogP contribution in [0.15, 0.2) is 42.5 Å². The molecule has 2 amide bonds. The molecule has 0 spiro atoms. The second-order valence-corrected chi connectivity index (χ2v) is 7.76. The van der Waals surface area contributed by atoms with E-state index in [0.29, 0.717) is 19.3 Å². The molecule has 0 fully saturated rings. The van der Waals surface area contributed by atoms with Crippen LogP contribution in [0.25, 0.3) is 0 Å². The molecule has 0 aromatic heterocycles. The quantitative estimate of drug-likeness (QED) is 0.774. The van der Waals surface area contributed by atoms with Crippen LogP contribution in [0, 0.1) is 0 Å². The minimum absolute atomic E-state index is 0.114. The first-order valence-corrected chi connectivity index (χ1v) is 9.05. The highest BCUT2D eigenvalue weighted by Gasteiger charge is 2.34. The topological polar surface area (TPSA) is 70.6 Å². The molecule has 1 aliphatic heterocycles. The highest BCUT2D eigenvalue weighted by molar-refractivity contribution is 5.90. The number of hydrogen-bond acceptors (Lipinski definition) is 3. The monoisotopic (exact) mass is 352 g/mol. The molecule has 5 heteroatoms.